The Labute approximate surface area is 92.6 Å². The van der Waals surface area contributed by atoms with Crippen molar-refractivity contribution in [3.63, 3.8) is 0 Å². The Bertz CT molecular complexity index is 220. The van der Waals surface area contributed by atoms with E-state index in [1.54, 1.807) is 0 Å². The number of hydrogen-bond donors (Lipinski definition) is 1. The Morgan fingerprint density at radius 3 is 2.73 bits per heavy atom. The summed E-state index contributed by atoms with van der Waals surface area (Å²) in [7, 11) is 3.98. The van der Waals surface area contributed by atoms with Gasteiger partial charge in [-0.15, -0.1) is 0 Å². The first-order valence-corrected chi connectivity index (χ1v) is 5.77. The molecule has 0 spiro atoms. The van der Waals surface area contributed by atoms with Crippen LogP contribution >= 0.6 is 0 Å². The largest absolute Gasteiger partial charge is 0.340 e. The van der Waals surface area contributed by atoms with Gasteiger partial charge in [-0.2, -0.15) is 0 Å². The molecule has 1 N–H and O–H groups in total. The average Bonchev–Trinajstić information content (AvgIpc) is 2.23. The van der Waals surface area contributed by atoms with Crippen LogP contribution in [0, 0.1) is 0 Å². The van der Waals surface area contributed by atoms with E-state index in [-0.39, 0.29) is 11.9 Å². The van der Waals surface area contributed by atoms with Gasteiger partial charge in [0.15, 0.2) is 0 Å². The lowest BCUT2D eigenvalue weighted by atomic mass is 10.0. The van der Waals surface area contributed by atoms with Gasteiger partial charge in [0.2, 0.25) is 5.91 Å². The normalized spacial score (nSPS) is 28.5. The van der Waals surface area contributed by atoms with Crippen LogP contribution in [0.3, 0.4) is 0 Å². The van der Waals surface area contributed by atoms with Gasteiger partial charge in [0, 0.05) is 19.1 Å². The number of likely N-dealkylation sites (N-methyl/N-ethyl adjacent to an activating group) is 2. The number of nitrogens with zero attached hydrogens (tertiary/aromatic N) is 2. The zero-order valence-electron chi connectivity index (χ0n) is 10.3. The van der Waals surface area contributed by atoms with Crippen molar-refractivity contribution in [1.29, 1.82) is 0 Å². The molecule has 1 rings (SSSR count). The van der Waals surface area contributed by atoms with E-state index in [0.29, 0.717) is 6.04 Å². The maximum absolute atomic E-state index is 12.1. The molecule has 0 aromatic heterocycles. The summed E-state index contributed by atoms with van der Waals surface area (Å²) in [6, 6.07) is 0.519. The molecule has 1 aliphatic heterocycles. The van der Waals surface area contributed by atoms with Gasteiger partial charge < -0.3 is 10.2 Å². The molecule has 0 aliphatic carbocycles. The van der Waals surface area contributed by atoms with E-state index in [9.17, 15) is 4.79 Å². The van der Waals surface area contributed by atoms with Crippen LogP contribution in [0.4, 0.5) is 0 Å². The van der Waals surface area contributed by atoms with Gasteiger partial charge in [0.05, 0.1) is 6.04 Å². The highest BCUT2D eigenvalue weighted by atomic mass is 16.2. The number of carbonyl (C=O) groups excluding carboxylic acids is 1. The third-order valence-corrected chi connectivity index (χ3v) is 3.32. The van der Waals surface area contributed by atoms with Crippen molar-refractivity contribution in [2.75, 3.05) is 33.7 Å². The van der Waals surface area contributed by atoms with Crippen molar-refractivity contribution < 1.29 is 4.79 Å². The molecule has 4 nitrogen and oxygen atoms in total. The Morgan fingerprint density at radius 1 is 1.53 bits per heavy atom. The standard InChI is InChI=1S/C11H23N3O/c1-5-14-8-9(2)13(4)10(11(14)15)6-7-12-3/h9-10,12H,5-8H2,1-4H3. The molecule has 0 saturated carbocycles. The number of piperazine rings is 1. The van der Waals surface area contributed by atoms with Crippen molar-refractivity contribution in [3.05, 3.63) is 0 Å². The van der Waals surface area contributed by atoms with Crippen LogP contribution in [0.1, 0.15) is 20.3 Å². The maximum Gasteiger partial charge on any atom is 0.240 e. The molecule has 1 fully saturated rings. The van der Waals surface area contributed by atoms with Gasteiger partial charge >= 0.3 is 0 Å². The fourth-order valence-electron chi connectivity index (χ4n) is 2.12. The molecule has 1 amide bonds. The number of amides is 1. The molecule has 1 heterocycles. The minimum atomic E-state index is 0.0566. The number of nitrogens with one attached hydrogen (secondary N) is 1. The van der Waals surface area contributed by atoms with Crippen LogP contribution in [0.5, 0.6) is 0 Å². The van der Waals surface area contributed by atoms with Gasteiger partial charge in [-0.05, 0) is 40.9 Å². The van der Waals surface area contributed by atoms with Gasteiger partial charge in [0.1, 0.15) is 0 Å². The van der Waals surface area contributed by atoms with E-state index < -0.39 is 0 Å². The van der Waals surface area contributed by atoms with Crippen LogP contribution in [-0.4, -0.2) is 61.5 Å². The highest BCUT2D eigenvalue weighted by Crippen LogP contribution is 2.16. The summed E-state index contributed by atoms with van der Waals surface area (Å²) >= 11 is 0. The second kappa shape index (κ2) is 5.47. The average molecular weight is 213 g/mol. The lowest BCUT2D eigenvalue weighted by Crippen LogP contribution is -2.59. The summed E-state index contributed by atoms with van der Waals surface area (Å²) in [6.45, 7) is 6.81. The summed E-state index contributed by atoms with van der Waals surface area (Å²) in [4.78, 5) is 16.2. The van der Waals surface area contributed by atoms with E-state index in [0.717, 1.165) is 26.1 Å². The van der Waals surface area contributed by atoms with Crippen LogP contribution in [-0.2, 0) is 4.79 Å². The van der Waals surface area contributed by atoms with Crippen molar-refractivity contribution in [2.45, 2.75) is 32.4 Å². The third kappa shape index (κ3) is 2.69. The Hall–Kier alpha value is -0.610. The third-order valence-electron chi connectivity index (χ3n) is 3.32. The fraction of sp³-hybridized carbons (Fsp3) is 0.909. The first-order valence-electron chi connectivity index (χ1n) is 5.77. The molecule has 2 unspecified atom stereocenters. The lowest BCUT2D eigenvalue weighted by molar-refractivity contribution is -0.143. The molecule has 1 aliphatic rings. The van der Waals surface area contributed by atoms with Gasteiger partial charge in [-0.1, -0.05) is 0 Å². The van der Waals surface area contributed by atoms with Gasteiger partial charge in [0.25, 0.3) is 0 Å². The second-order valence-corrected chi connectivity index (χ2v) is 4.30. The maximum atomic E-state index is 12.1. The molecule has 0 radical (unpaired) electrons. The van der Waals surface area contributed by atoms with Gasteiger partial charge in [-0.25, -0.2) is 0 Å². The highest BCUT2D eigenvalue weighted by Gasteiger charge is 2.35. The Kier molecular flexibility index (Phi) is 4.54. The minimum absolute atomic E-state index is 0.0566. The molecule has 4 heteroatoms. The van der Waals surface area contributed by atoms with Crippen molar-refractivity contribution in [2.24, 2.45) is 0 Å². The molecule has 2 atom stereocenters. The summed E-state index contributed by atoms with van der Waals surface area (Å²) in [5.74, 6) is 0.286. The van der Waals surface area contributed by atoms with E-state index in [2.05, 4.69) is 24.2 Å². The first kappa shape index (κ1) is 12.5. The molecular weight excluding hydrogens is 190 g/mol. The lowest BCUT2D eigenvalue weighted by Gasteiger charge is -2.42. The number of rotatable bonds is 4. The van der Waals surface area contributed by atoms with Crippen molar-refractivity contribution in [3.8, 4) is 0 Å². The van der Waals surface area contributed by atoms with Crippen molar-refractivity contribution >= 4 is 5.91 Å². The van der Waals surface area contributed by atoms with Crippen molar-refractivity contribution in [1.82, 2.24) is 15.1 Å². The van der Waals surface area contributed by atoms with Crippen LogP contribution in [0.25, 0.3) is 0 Å². The Balaban J connectivity index is 2.66. The molecule has 88 valence electrons. The number of hydrogen-bond acceptors (Lipinski definition) is 3. The predicted octanol–water partition coefficient (Wildman–Crippen LogP) is 0.147. The molecule has 0 aromatic rings. The quantitative estimate of drug-likeness (QED) is 0.722. The predicted molar refractivity (Wildman–Crippen MR) is 61.8 cm³/mol. The fourth-order valence-corrected chi connectivity index (χ4v) is 2.12. The van der Waals surface area contributed by atoms with E-state index in [4.69, 9.17) is 0 Å². The van der Waals surface area contributed by atoms with E-state index >= 15 is 0 Å². The second-order valence-electron chi connectivity index (χ2n) is 4.30. The Morgan fingerprint density at radius 2 is 2.20 bits per heavy atom. The van der Waals surface area contributed by atoms with Gasteiger partial charge in [-0.3, -0.25) is 9.69 Å². The molecular formula is C11H23N3O. The topological polar surface area (TPSA) is 35.6 Å². The highest BCUT2D eigenvalue weighted by molar-refractivity contribution is 5.82. The molecule has 0 bridgehead atoms. The monoisotopic (exact) mass is 213 g/mol. The van der Waals surface area contributed by atoms with E-state index in [1.807, 2.05) is 18.9 Å². The summed E-state index contributed by atoms with van der Waals surface area (Å²) in [5.41, 5.74) is 0. The first-order chi connectivity index (χ1) is 7.11. The minimum Gasteiger partial charge on any atom is -0.340 e. The summed E-state index contributed by atoms with van der Waals surface area (Å²) in [6.07, 6.45) is 0.896. The van der Waals surface area contributed by atoms with Crippen LogP contribution < -0.4 is 5.32 Å². The van der Waals surface area contributed by atoms with E-state index in [1.165, 1.54) is 0 Å². The molecule has 1 saturated heterocycles. The molecule has 15 heavy (non-hydrogen) atoms. The zero-order valence-corrected chi connectivity index (χ0v) is 10.3. The molecule has 0 aromatic carbocycles. The zero-order chi connectivity index (χ0) is 11.4. The summed E-state index contributed by atoms with van der Waals surface area (Å²) < 4.78 is 0. The number of carbonyl (C=O) groups is 1. The summed E-state index contributed by atoms with van der Waals surface area (Å²) in [5, 5.41) is 3.11. The SMILES string of the molecule is CCN1CC(C)N(C)C(CCNC)C1=O. The van der Waals surface area contributed by atoms with Crippen LogP contribution in [0.15, 0.2) is 0 Å². The smallest absolute Gasteiger partial charge is 0.240 e. The van der Waals surface area contributed by atoms with Crippen LogP contribution in [0.2, 0.25) is 0 Å².